The van der Waals surface area contributed by atoms with E-state index in [1.807, 2.05) is 36.8 Å². The molecule has 0 saturated carbocycles. The molecule has 1 saturated heterocycles. The van der Waals surface area contributed by atoms with Crippen molar-refractivity contribution in [1.29, 1.82) is 0 Å². The molecule has 3 aromatic rings. The molecule has 1 fully saturated rings. The molecule has 0 unspecified atom stereocenters. The van der Waals surface area contributed by atoms with Gasteiger partial charge in [0.25, 0.3) is 0 Å². The molecule has 0 spiro atoms. The third kappa shape index (κ3) is 3.33. The number of nitrogens with one attached hydrogen (secondary N) is 1. The Bertz CT molecular complexity index is 847. The first kappa shape index (κ1) is 15.6. The summed E-state index contributed by atoms with van der Waals surface area (Å²) in [4.78, 5) is 15.6. The summed E-state index contributed by atoms with van der Waals surface area (Å²) in [5, 5.41) is 4.46. The van der Waals surface area contributed by atoms with E-state index in [-0.39, 0.29) is 0 Å². The fraction of sp³-hybridized carbons (Fsp3) is 0.316. The van der Waals surface area contributed by atoms with Gasteiger partial charge in [0.2, 0.25) is 5.95 Å². The van der Waals surface area contributed by atoms with Crippen LogP contribution in [0.3, 0.4) is 0 Å². The fourth-order valence-electron chi connectivity index (χ4n) is 3.28. The molecule has 0 aliphatic carbocycles. The minimum atomic E-state index is 0.380. The van der Waals surface area contributed by atoms with Gasteiger partial charge in [-0.05, 0) is 31.0 Å². The second kappa shape index (κ2) is 6.93. The highest BCUT2D eigenvalue weighted by Crippen LogP contribution is 2.25. The Labute approximate surface area is 146 Å². The lowest BCUT2D eigenvalue weighted by molar-refractivity contribution is 0.419. The zero-order valence-electron chi connectivity index (χ0n) is 14.2. The second-order valence-corrected chi connectivity index (χ2v) is 6.20. The van der Waals surface area contributed by atoms with E-state index in [1.54, 1.807) is 7.11 Å². The monoisotopic (exact) mass is 335 g/mol. The van der Waals surface area contributed by atoms with Gasteiger partial charge >= 0.3 is 0 Å². The van der Waals surface area contributed by atoms with E-state index < -0.39 is 0 Å². The Hall–Kier alpha value is -2.89. The van der Waals surface area contributed by atoms with Gasteiger partial charge in [0.05, 0.1) is 7.11 Å². The SMILES string of the molecule is COc1cccc2cnc(NC3CCN(c4ccncc4)CC3)nc12. The molecule has 2 aromatic heterocycles. The molecule has 6 heteroatoms. The normalized spacial score (nSPS) is 15.3. The summed E-state index contributed by atoms with van der Waals surface area (Å²) >= 11 is 0. The van der Waals surface area contributed by atoms with E-state index in [0.29, 0.717) is 12.0 Å². The Morgan fingerprint density at radius 3 is 2.68 bits per heavy atom. The Morgan fingerprint density at radius 2 is 1.92 bits per heavy atom. The second-order valence-electron chi connectivity index (χ2n) is 6.20. The summed E-state index contributed by atoms with van der Waals surface area (Å²) in [6.07, 6.45) is 7.64. The van der Waals surface area contributed by atoms with Gasteiger partial charge in [0.1, 0.15) is 11.3 Å². The number of para-hydroxylation sites is 1. The number of fused-ring (bicyclic) bond motifs is 1. The van der Waals surface area contributed by atoms with E-state index in [0.717, 1.165) is 42.6 Å². The summed E-state index contributed by atoms with van der Waals surface area (Å²) < 4.78 is 5.41. The first-order valence-corrected chi connectivity index (χ1v) is 8.55. The molecule has 1 aromatic carbocycles. The Kier molecular flexibility index (Phi) is 4.33. The molecule has 1 N–H and O–H groups in total. The highest BCUT2D eigenvalue weighted by Gasteiger charge is 2.20. The number of benzene rings is 1. The van der Waals surface area contributed by atoms with Crippen LogP contribution in [-0.4, -0.2) is 41.2 Å². The van der Waals surface area contributed by atoms with Crippen LogP contribution < -0.4 is 15.0 Å². The van der Waals surface area contributed by atoms with Crippen molar-refractivity contribution in [3.63, 3.8) is 0 Å². The number of ether oxygens (including phenoxy) is 1. The van der Waals surface area contributed by atoms with Crippen LogP contribution in [0.4, 0.5) is 11.6 Å². The highest BCUT2D eigenvalue weighted by molar-refractivity contribution is 5.84. The third-order valence-electron chi connectivity index (χ3n) is 4.65. The molecule has 1 aliphatic rings. The minimum Gasteiger partial charge on any atom is -0.494 e. The van der Waals surface area contributed by atoms with Crippen molar-refractivity contribution < 1.29 is 4.74 Å². The molecule has 6 nitrogen and oxygen atoms in total. The third-order valence-corrected chi connectivity index (χ3v) is 4.65. The van der Waals surface area contributed by atoms with Crippen molar-refractivity contribution in [2.24, 2.45) is 0 Å². The van der Waals surface area contributed by atoms with E-state index in [9.17, 15) is 0 Å². The van der Waals surface area contributed by atoms with Gasteiger partial charge in [-0.2, -0.15) is 0 Å². The Balaban J connectivity index is 1.44. The van der Waals surface area contributed by atoms with Crippen molar-refractivity contribution in [2.45, 2.75) is 18.9 Å². The lowest BCUT2D eigenvalue weighted by Crippen LogP contribution is -2.39. The van der Waals surface area contributed by atoms with Crippen LogP contribution in [0.2, 0.25) is 0 Å². The molecule has 25 heavy (non-hydrogen) atoms. The maximum absolute atomic E-state index is 5.41. The van der Waals surface area contributed by atoms with Gasteiger partial charge in [-0.15, -0.1) is 0 Å². The number of hydrogen-bond donors (Lipinski definition) is 1. The van der Waals surface area contributed by atoms with Gasteiger partial charge in [-0.1, -0.05) is 12.1 Å². The van der Waals surface area contributed by atoms with Crippen LogP contribution in [0.15, 0.2) is 48.9 Å². The van der Waals surface area contributed by atoms with Crippen LogP contribution >= 0.6 is 0 Å². The first-order chi connectivity index (χ1) is 12.3. The topological polar surface area (TPSA) is 63.2 Å². The molecule has 1 aliphatic heterocycles. The van der Waals surface area contributed by atoms with Crippen LogP contribution in [0.1, 0.15) is 12.8 Å². The van der Waals surface area contributed by atoms with Crippen LogP contribution in [0.5, 0.6) is 5.75 Å². The number of pyridine rings is 1. The molecule has 128 valence electrons. The molecule has 4 rings (SSSR count). The van der Waals surface area contributed by atoms with Crippen molar-refractivity contribution in [3.05, 3.63) is 48.9 Å². The van der Waals surface area contributed by atoms with Gasteiger partial charge in [0.15, 0.2) is 0 Å². The van der Waals surface area contributed by atoms with Crippen molar-refractivity contribution >= 4 is 22.5 Å². The first-order valence-electron chi connectivity index (χ1n) is 8.55. The maximum Gasteiger partial charge on any atom is 0.223 e. The van der Waals surface area contributed by atoms with Crippen LogP contribution in [-0.2, 0) is 0 Å². The van der Waals surface area contributed by atoms with Gasteiger partial charge < -0.3 is 15.0 Å². The van der Waals surface area contributed by atoms with Gasteiger partial charge in [-0.25, -0.2) is 9.97 Å². The number of aromatic nitrogens is 3. The lowest BCUT2D eigenvalue weighted by Gasteiger charge is -2.33. The zero-order valence-corrected chi connectivity index (χ0v) is 14.2. The van der Waals surface area contributed by atoms with Gasteiger partial charge in [0, 0.05) is 48.8 Å². The maximum atomic E-state index is 5.41. The fourth-order valence-corrected chi connectivity index (χ4v) is 3.28. The number of methoxy groups -OCH3 is 1. The average molecular weight is 335 g/mol. The largest absolute Gasteiger partial charge is 0.494 e. The predicted molar refractivity (Wildman–Crippen MR) is 99.2 cm³/mol. The van der Waals surface area contributed by atoms with E-state index >= 15 is 0 Å². The zero-order chi connectivity index (χ0) is 17.1. The molecule has 3 heterocycles. The number of hydrogen-bond acceptors (Lipinski definition) is 6. The van der Waals surface area contributed by atoms with Gasteiger partial charge in [-0.3, -0.25) is 4.98 Å². The molecular weight excluding hydrogens is 314 g/mol. The molecule has 0 bridgehead atoms. The summed E-state index contributed by atoms with van der Waals surface area (Å²) in [5.74, 6) is 1.44. The summed E-state index contributed by atoms with van der Waals surface area (Å²) in [6.45, 7) is 2.02. The summed E-state index contributed by atoms with van der Waals surface area (Å²) in [5.41, 5.74) is 2.08. The van der Waals surface area contributed by atoms with E-state index in [4.69, 9.17) is 4.74 Å². The minimum absolute atomic E-state index is 0.380. The number of anilines is 2. The molecule has 0 atom stereocenters. The average Bonchev–Trinajstić information content (AvgIpc) is 2.69. The van der Waals surface area contributed by atoms with E-state index in [1.165, 1.54) is 5.69 Å². The predicted octanol–water partition coefficient (Wildman–Crippen LogP) is 3.11. The van der Waals surface area contributed by atoms with Crippen LogP contribution in [0.25, 0.3) is 10.9 Å². The van der Waals surface area contributed by atoms with Crippen molar-refractivity contribution in [1.82, 2.24) is 15.0 Å². The lowest BCUT2D eigenvalue weighted by atomic mass is 10.0. The number of nitrogens with zero attached hydrogens (tertiary/aromatic N) is 4. The molecular formula is C19H21N5O. The van der Waals surface area contributed by atoms with Crippen LogP contribution in [0, 0.1) is 0 Å². The smallest absolute Gasteiger partial charge is 0.223 e. The standard InChI is InChI=1S/C19H21N5O/c1-25-17-4-2-3-14-13-21-19(23-18(14)17)22-15-7-11-24(12-8-15)16-5-9-20-10-6-16/h2-6,9-10,13,15H,7-8,11-12H2,1H3,(H,21,22,23). The number of piperidine rings is 1. The number of rotatable bonds is 4. The van der Waals surface area contributed by atoms with E-state index in [2.05, 4.69) is 37.3 Å². The highest BCUT2D eigenvalue weighted by atomic mass is 16.5. The summed E-state index contributed by atoms with van der Waals surface area (Å²) in [6, 6.07) is 10.4. The summed E-state index contributed by atoms with van der Waals surface area (Å²) in [7, 11) is 1.67. The molecule has 0 amide bonds. The van der Waals surface area contributed by atoms with Crippen molar-refractivity contribution in [2.75, 3.05) is 30.4 Å². The van der Waals surface area contributed by atoms with Crippen molar-refractivity contribution in [3.8, 4) is 5.75 Å². The quantitative estimate of drug-likeness (QED) is 0.790. The Morgan fingerprint density at radius 1 is 1.12 bits per heavy atom. The molecule has 0 radical (unpaired) electrons.